The number of methoxy groups -OCH3 is 2. The molecule has 0 radical (unpaired) electrons. The van der Waals surface area contributed by atoms with Gasteiger partial charge in [0, 0.05) is 12.2 Å². The first-order chi connectivity index (χ1) is 14.5. The Kier molecular flexibility index (Phi) is 9.15. The van der Waals surface area contributed by atoms with Gasteiger partial charge in [-0.05, 0) is 35.4 Å². The third kappa shape index (κ3) is 7.81. The maximum atomic E-state index is 11.8. The zero-order chi connectivity index (χ0) is 21.8. The Morgan fingerprint density at radius 2 is 1.40 bits per heavy atom. The third-order valence-electron chi connectivity index (χ3n) is 3.87. The summed E-state index contributed by atoms with van der Waals surface area (Å²) in [4.78, 5) is 23.5. The van der Waals surface area contributed by atoms with E-state index < -0.39 is 18.0 Å². The highest BCUT2D eigenvalue weighted by atomic mass is 16.6. The van der Waals surface area contributed by atoms with Gasteiger partial charge in [0.2, 0.25) is 0 Å². The average molecular weight is 412 g/mol. The second-order valence-electron chi connectivity index (χ2n) is 6.11. The van der Waals surface area contributed by atoms with Crippen LogP contribution >= 0.6 is 0 Å². The molecule has 30 heavy (non-hydrogen) atoms. The van der Waals surface area contributed by atoms with Gasteiger partial charge in [-0.1, -0.05) is 36.4 Å². The molecule has 0 saturated heterocycles. The predicted octanol–water partition coefficient (Wildman–Crippen LogP) is 2.88. The first kappa shape index (κ1) is 22.7. The monoisotopic (exact) mass is 412 g/mol. The molecule has 0 bridgehead atoms. The Bertz CT molecular complexity index is 888. The molecule has 0 aliphatic rings. The molecular weight excluding hydrogens is 388 g/mol. The molecule has 1 atom stereocenters. The van der Waals surface area contributed by atoms with Crippen molar-refractivity contribution in [2.45, 2.75) is 6.10 Å². The zero-order valence-electron chi connectivity index (χ0n) is 16.8. The molecule has 0 amide bonds. The van der Waals surface area contributed by atoms with E-state index >= 15 is 0 Å². The van der Waals surface area contributed by atoms with Crippen LogP contribution in [0.1, 0.15) is 11.1 Å². The minimum Gasteiger partial charge on any atom is -0.493 e. The van der Waals surface area contributed by atoms with Crippen molar-refractivity contribution in [2.24, 2.45) is 0 Å². The van der Waals surface area contributed by atoms with Crippen LogP contribution in [0, 0.1) is 0 Å². The number of carbonyl (C=O) groups is 2. The van der Waals surface area contributed by atoms with Crippen LogP contribution < -0.4 is 9.47 Å². The summed E-state index contributed by atoms with van der Waals surface area (Å²) in [7, 11) is 3.05. The molecule has 7 heteroatoms. The van der Waals surface area contributed by atoms with Gasteiger partial charge in [0.1, 0.15) is 19.3 Å². The molecule has 7 nitrogen and oxygen atoms in total. The molecule has 1 N–H and O–H groups in total. The first-order valence-electron chi connectivity index (χ1n) is 9.16. The Balaban J connectivity index is 1.73. The second-order valence-corrected chi connectivity index (χ2v) is 6.11. The van der Waals surface area contributed by atoms with E-state index in [1.807, 2.05) is 30.3 Å². The Morgan fingerprint density at radius 1 is 0.833 bits per heavy atom. The Labute approximate surface area is 175 Å². The van der Waals surface area contributed by atoms with E-state index in [1.165, 1.54) is 26.4 Å². The van der Waals surface area contributed by atoms with Crippen LogP contribution in [0.4, 0.5) is 0 Å². The van der Waals surface area contributed by atoms with Crippen molar-refractivity contribution in [3.63, 3.8) is 0 Å². The average Bonchev–Trinajstić information content (AvgIpc) is 2.79. The van der Waals surface area contributed by atoms with Crippen LogP contribution in [0.3, 0.4) is 0 Å². The van der Waals surface area contributed by atoms with Crippen LogP contribution in [0.2, 0.25) is 0 Å². The molecule has 2 rings (SSSR count). The summed E-state index contributed by atoms with van der Waals surface area (Å²) in [5.74, 6) is -0.128. The Morgan fingerprint density at radius 3 is 1.97 bits per heavy atom. The minimum absolute atomic E-state index is 0.287. The van der Waals surface area contributed by atoms with E-state index in [-0.39, 0.29) is 13.2 Å². The first-order valence-corrected chi connectivity index (χ1v) is 9.16. The fraction of sp³-hybridized carbons (Fsp3) is 0.217. The van der Waals surface area contributed by atoms with Crippen LogP contribution in [0.25, 0.3) is 12.2 Å². The van der Waals surface area contributed by atoms with Gasteiger partial charge in [0.25, 0.3) is 0 Å². The molecule has 0 saturated carbocycles. The summed E-state index contributed by atoms with van der Waals surface area (Å²) >= 11 is 0. The highest BCUT2D eigenvalue weighted by Gasteiger charge is 2.10. The van der Waals surface area contributed by atoms with E-state index in [0.717, 1.165) is 5.56 Å². The highest BCUT2D eigenvalue weighted by Crippen LogP contribution is 2.27. The lowest BCUT2D eigenvalue weighted by molar-refractivity contribution is -0.146. The van der Waals surface area contributed by atoms with Crippen LogP contribution in [0.15, 0.2) is 60.7 Å². The van der Waals surface area contributed by atoms with Gasteiger partial charge in [-0.2, -0.15) is 0 Å². The largest absolute Gasteiger partial charge is 0.493 e. The maximum absolute atomic E-state index is 11.8. The van der Waals surface area contributed by atoms with E-state index in [1.54, 1.807) is 30.4 Å². The summed E-state index contributed by atoms with van der Waals surface area (Å²) in [6, 6.07) is 14.4. The minimum atomic E-state index is -1.13. The fourth-order valence-corrected chi connectivity index (χ4v) is 2.35. The smallest absolute Gasteiger partial charge is 0.330 e. The molecule has 0 heterocycles. The van der Waals surface area contributed by atoms with Gasteiger partial charge in [-0.3, -0.25) is 0 Å². The molecule has 0 aromatic heterocycles. The van der Waals surface area contributed by atoms with Crippen LogP contribution in [-0.2, 0) is 19.1 Å². The molecule has 1 unspecified atom stereocenters. The normalized spacial score (nSPS) is 12.0. The summed E-state index contributed by atoms with van der Waals surface area (Å²) in [6.07, 6.45) is 4.51. The maximum Gasteiger partial charge on any atom is 0.330 e. The molecule has 0 fully saturated rings. The standard InChI is InChI=1S/C23H24O7/c1-27-20-11-8-18(14-21(20)28-2)10-13-23(26)30-16-19(24)15-29-22(25)12-9-17-6-4-3-5-7-17/h3-14,19,24H,15-16H2,1-2H3. The molecule has 2 aromatic rings. The second kappa shape index (κ2) is 12.1. The van der Waals surface area contributed by atoms with Gasteiger partial charge < -0.3 is 24.1 Å². The fourth-order valence-electron chi connectivity index (χ4n) is 2.35. The SMILES string of the molecule is COc1ccc(C=CC(=O)OCC(O)COC(=O)C=Cc2ccccc2)cc1OC. The molecule has 0 spiro atoms. The number of benzene rings is 2. The predicted molar refractivity (Wildman–Crippen MR) is 112 cm³/mol. The highest BCUT2D eigenvalue weighted by molar-refractivity contribution is 5.87. The number of rotatable bonds is 10. The molecule has 158 valence electrons. The van der Waals surface area contributed by atoms with E-state index in [4.69, 9.17) is 18.9 Å². The number of aliphatic hydroxyl groups excluding tert-OH is 1. The number of hydrogen-bond acceptors (Lipinski definition) is 7. The summed E-state index contributed by atoms with van der Waals surface area (Å²) in [5, 5.41) is 9.81. The lowest BCUT2D eigenvalue weighted by Crippen LogP contribution is -2.24. The number of ether oxygens (including phenoxy) is 4. The van der Waals surface area contributed by atoms with E-state index in [2.05, 4.69) is 0 Å². The quantitative estimate of drug-likeness (QED) is 0.474. The number of hydrogen-bond donors (Lipinski definition) is 1. The van der Waals surface area contributed by atoms with Crippen molar-refractivity contribution in [1.29, 1.82) is 0 Å². The van der Waals surface area contributed by atoms with Gasteiger partial charge in [-0.25, -0.2) is 9.59 Å². The lowest BCUT2D eigenvalue weighted by atomic mass is 10.2. The topological polar surface area (TPSA) is 91.3 Å². The third-order valence-corrected chi connectivity index (χ3v) is 3.87. The van der Waals surface area contributed by atoms with E-state index in [0.29, 0.717) is 17.1 Å². The van der Waals surface area contributed by atoms with Gasteiger partial charge in [-0.15, -0.1) is 0 Å². The molecular formula is C23H24O7. The van der Waals surface area contributed by atoms with Crippen molar-refractivity contribution < 1.29 is 33.6 Å². The zero-order valence-corrected chi connectivity index (χ0v) is 16.8. The van der Waals surface area contributed by atoms with E-state index in [9.17, 15) is 14.7 Å². The summed E-state index contributed by atoms with van der Waals surface area (Å²) < 4.78 is 20.2. The van der Waals surface area contributed by atoms with Crippen molar-refractivity contribution in [1.82, 2.24) is 0 Å². The number of carbonyl (C=O) groups excluding carboxylic acids is 2. The van der Waals surface area contributed by atoms with Crippen LogP contribution in [-0.4, -0.2) is 50.6 Å². The molecule has 0 aliphatic carbocycles. The van der Waals surface area contributed by atoms with Crippen molar-refractivity contribution in [3.05, 3.63) is 71.8 Å². The van der Waals surface area contributed by atoms with Crippen molar-refractivity contribution in [3.8, 4) is 11.5 Å². The van der Waals surface area contributed by atoms with Crippen molar-refractivity contribution in [2.75, 3.05) is 27.4 Å². The summed E-state index contributed by atoms with van der Waals surface area (Å²) in [5.41, 5.74) is 1.56. The number of aliphatic hydroxyl groups is 1. The molecule has 2 aromatic carbocycles. The van der Waals surface area contributed by atoms with Crippen molar-refractivity contribution >= 4 is 24.1 Å². The van der Waals surface area contributed by atoms with Gasteiger partial charge >= 0.3 is 11.9 Å². The lowest BCUT2D eigenvalue weighted by Gasteiger charge is -2.10. The van der Waals surface area contributed by atoms with Gasteiger partial charge in [0.15, 0.2) is 11.5 Å². The van der Waals surface area contributed by atoms with Gasteiger partial charge in [0.05, 0.1) is 14.2 Å². The Hall–Kier alpha value is -3.58. The van der Waals surface area contributed by atoms with Crippen LogP contribution in [0.5, 0.6) is 11.5 Å². The summed E-state index contributed by atoms with van der Waals surface area (Å²) in [6.45, 7) is -0.588. The molecule has 0 aliphatic heterocycles. The number of esters is 2.